The smallest absolute Gasteiger partial charge is 0.240 e. The Morgan fingerprint density at radius 2 is 1.93 bits per heavy atom. The lowest BCUT2D eigenvalue weighted by Gasteiger charge is -2.19. The monoisotopic (exact) mass is 415 g/mol. The fourth-order valence-corrected chi connectivity index (χ4v) is 4.92. The molecule has 0 aliphatic carbocycles. The zero-order chi connectivity index (χ0) is 20.3. The lowest BCUT2D eigenvalue weighted by Crippen LogP contribution is -2.31. The average Bonchev–Trinajstić information content (AvgIpc) is 3.40. The van der Waals surface area contributed by atoms with Gasteiger partial charge >= 0.3 is 0 Å². The summed E-state index contributed by atoms with van der Waals surface area (Å²) < 4.78 is 43.3. The van der Waals surface area contributed by atoms with E-state index in [2.05, 4.69) is 19.7 Å². The van der Waals surface area contributed by atoms with Gasteiger partial charge in [0, 0.05) is 25.3 Å². The molecule has 4 rings (SSSR count). The van der Waals surface area contributed by atoms with Crippen molar-refractivity contribution in [2.24, 2.45) is 5.92 Å². The van der Waals surface area contributed by atoms with E-state index in [4.69, 9.17) is 0 Å². The second-order valence-corrected chi connectivity index (χ2v) is 8.87. The van der Waals surface area contributed by atoms with Gasteiger partial charge in [0.05, 0.1) is 11.4 Å². The van der Waals surface area contributed by atoms with Crippen LogP contribution in [0.4, 0.5) is 10.1 Å². The van der Waals surface area contributed by atoms with E-state index in [0.717, 1.165) is 25.2 Å². The summed E-state index contributed by atoms with van der Waals surface area (Å²) in [6.07, 6.45) is 3.85. The third-order valence-corrected chi connectivity index (χ3v) is 6.62. The Kier molecular flexibility index (Phi) is 5.59. The van der Waals surface area contributed by atoms with E-state index in [0.29, 0.717) is 18.7 Å². The predicted molar refractivity (Wildman–Crippen MR) is 107 cm³/mol. The van der Waals surface area contributed by atoms with Gasteiger partial charge in [0.15, 0.2) is 0 Å². The van der Waals surface area contributed by atoms with E-state index in [1.54, 1.807) is 41.3 Å². The Morgan fingerprint density at radius 1 is 1.14 bits per heavy atom. The average molecular weight is 415 g/mol. The van der Waals surface area contributed by atoms with Gasteiger partial charge in [-0.15, -0.1) is 0 Å². The maximum Gasteiger partial charge on any atom is 0.240 e. The summed E-state index contributed by atoms with van der Waals surface area (Å²) in [5.74, 6) is -0.0703. The van der Waals surface area contributed by atoms with Gasteiger partial charge in [0.1, 0.15) is 18.5 Å². The molecule has 1 aliphatic rings. The third kappa shape index (κ3) is 4.63. The molecule has 1 atom stereocenters. The minimum Gasteiger partial charge on any atom is -0.371 e. The van der Waals surface area contributed by atoms with E-state index >= 15 is 0 Å². The SMILES string of the molecule is O=S(=O)(NC[C@H]1CCN(c2ccc(F)cc2)C1)c1ccccc1Cn1cncn1. The normalized spacial score (nSPS) is 17.0. The van der Waals surface area contributed by atoms with E-state index in [-0.39, 0.29) is 16.6 Å². The number of sulfonamides is 1. The van der Waals surface area contributed by atoms with Gasteiger partial charge in [-0.05, 0) is 48.2 Å². The minimum absolute atomic E-state index is 0.192. The van der Waals surface area contributed by atoms with Crippen LogP contribution in [0.25, 0.3) is 0 Å². The molecule has 0 spiro atoms. The van der Waals surface area contributed by atoms with Crippen LogP contribution in [-0.4, -0.2) is 42.8 Å². The molecule has 1 N–H and O–H groups in total. The molecule has 0 bridgehead atoms. The molecule has 1 fully saturated rings. The van der Waals surface area contributed by atoms with Gasteiger partial charge in [0.2, 0.25) is 10.0 Å². The van der Waals surface area contributed by atoms with Crippen molar-refractivity contribution in [3.8, 4) is 0 Å². The summed E-state index contributed by atoms with van der Waals surface area (Å²) in [5, 5.41) is 4.05. The number of hydrogen-bond donors (Lipinski definition) is 1. The second kappa shape index (κ2) is 8.30. The molecule has 9 heteroatoms. The van der Waals surface area contributed by atoms with Crippen LogP contribution in [-0.2, 0) is 16.6 Å². The topological polar surface area (TPSA) is 80.1 Å². The van der Waals surface area contributed by atoms with Gasteiger partial charge in [0.25, 0.3) is 0 Å². The summed E-state index contributed by atoms with van der Waals surface area (Å²) >= 11 is 0. The highest BCUT2D eigenvalue weighted by atomic mass is 32.2. The van der Waals surface area contributed by atoms with Crippen LogP contribution in [0.5, 0.6) is 0 Å². The van der Waals surface area contributed by atoms with E-state index in [1.165, 1.54) is 18.5 Å². The molecule has 2 aromatic carbocycles. The zero-order valence-corrected chi connectivity index (χ0v) is 16.6. The number of aromatic nitrogens is 3. The lowest BCUT2D eigenvalue weighted by molar-refractivity contribution is 0.540. The molecule has 0 amide bonds. The molecule has 2 heterocycles. The molecule has 1 aliphatic heterocycles. The molecule has 7 nitrogen and oxygen atoms in total. The summed E-state index contributed by atoms with van der Waals surface area (Å²) in [5.41, 5.74) is 1.61. The molecule has 0 saturated carbocycles. The summed E-state index contributed by atoms with van der Waals surface area (Å²) in [4.78, 5) is 6.30. The fraction of sp³-hybridized carbons (Fsp3) is 0.300. The Labute approximate surface area is 169 Å². The van der Waals surface area contributed by atoms with Crippen LogP contribution < -0.4 is 9.62 Å². The Balaban J connectivity index is 1.40. The Hall–Kier alpha value is -2.78. The predicted octanol–water partition coefficient (Wildman–Crippen LogP) is 2.27. The van der Waals surface area contributed by atoms with E-state index in [1.807, 2.05) is 6.07 Å². The maximum atomic E-state index is 13.1. The van der Waals surface area contributed by atoms with Crippen molar-refractivity contribution in [3.05, 3.63) is 72.6 Å². The van der Waals surface area contributed by atoms with Crippen molar-refractivity contribution in [2.45, 2.75) is 17.9 Å². The van der Waals surface area contributed by atoms with Gasteiger partial charge in [-0.3, -0.25) is 0 Å². The second-order valence-electron chi connectivity index (χ2n) is 7.13. The third-order valence-electron chi connectivity index (χ3n) is 5.10. The van der Waals surface area contributed by atoms with Gasteiger partial charge in [-0.2, -0.15) is 5.10 Å². The first-order valence-corrected chi connectivity index (χ1v) is 10.9. The molecule has 1 saturated heterocycles. The van der Waals surface area contributed by atoms with Gasteiger partial charge in [-0.1, -0.05) is 18.2 Å². The molecule has 29 heavy (non-hydrogen) atoms. The molecular weight excluding hydrogens is 393 g/mol. The van der Waals surface area contributed by atoms with Crippen LogP contribution in [0.3, 0.4) is 0 Å². The first-order chi connectivity index (χ1) is 14.0. The summed E-state index contributed by atoms with van der Waals surface area (Å²) in [6, 6.07) is 13.3. The number of hydrogen-bond acceptors (Lipinski definition) is 5. The van der Waals surface area contributed by atoms with Gasteiger partial charge < -0.3 is 4.90 Å². The Bertz CT molecular complexity index is 1050. The van der Waals surface area contributed by atoms with Crippen molar-refractivity contribution in [1.82, 2.24) is 19.5 Å². The van der Waals surface area contributed by atoms with Crippen LogP contribution in [0.2, 0.25) is 0 Å². The molecular formula is C20H22FN5O2S. The Morgan fingerprint density at radius 3 is 2.69 bits per heavy atom. The highest BCUT2D eigenvalue weighted by molar-refractivity contribution is 7.89. The number of rotatable bonds is 7. The molecule has 1 aromatic heterocycles. The standard InChI is InChI=1S/C20H22FN5O2S/c21-18-5-7-19(8-6-18)25-10-9-16(12-25)11-24-29(27,28)20-4-2-1-3-17(20)13-26-15-22-14-23-26/h1-8,14-16,24H,9-13H2/t16-/m1/s1. The van der Waals surface area contributed by atoms with Crippen molar-refractivity contribution < 1.29 is 12.8 Å². The number of nitrogens with zero attached hydrogens (tertiary/aromatic N) is 4. The number of anilines is 1. The molecule has 152 valence electrons. The van der Waals surface area contributed by atoms with E-state index < -0.39 is 10.0 Å². The number of nitrogens with one attached hydrogen (secondary N) is 1. The van der Waals surface area contributed by atoms with E-state index in [9.17, 15) is 12.8 Å². The van der Waals surface area contributed by atoms with Crippen LogP contribution >= 0.6 is 0 Å². The van der Waals surface area contributed by atoms with Crippen molar-refractivity contribution in [2.75, 3.05) is 24.5 Å². The van der Waals surface area contributed by atoms with Crippen LogP contribution in [0.15, 0.2) is 66.1 Å². The number of halogens is 1. The first kappa shape index (κ1) is 19.5. The molecule has 0 radical (unpaired) electrons. The first-order valence-electron chi connectivity index (χ1n) is 9.42. The molecule has 3 aromatic rings. The summed E-state index contributed by atoms with van der Waals surface area (Å²) in [6.45, 7) is 2.24. The quantitative estimate of drug-likeness (QED) is 0.640. The minimum atomic E-state index is -3.65. The fourth-order valence-electron chi connectivity index (χ4n) is 3.58. The van der Waals surface area contributed by atoms with Crippen LogP contribution in [0, 0.1) is 11.7 Å². The zero-order valence-electron chi connectivity index (χ0n) is 15.8. The lowest BCUT2D eigenvalue weighted by atomic mass is 10.1. The largest absolute Gasteiger partial charge is 0.371 e. The maximum absolute atomic E-state index is 13.1. The van der Waals surface area contributed by atoms with Crippen molar-refractivity contribution >= 4 is 15.7 Å². The van der Waals surface area contributed by atoms with Crippen molar-refractivity contribution in [3.63, 3.8) is 0 Å². The van der Waals surface area contributed by atoms with Crippen LogP contribution in [0.1, 0.15) is 12.0 Å². The summed E-state index contributed by atoms with van der Waals surface area (Å²) in [7, 11) is -3.65. The highest BCUT2D eigenvalue weighted by Gasteiger charge is 2.25. The highest BCUT2D eigenvalue weighted by Crippen LogP contribution is 2.24. The number of benzene rings is 2. The van der Waals surface area contributed by atoms with Gasteiger partial charge in [-0.25, -0.2) is 27.2 Å². The molecule has 0 unspecified atom stereocenters. The van der Waals surface area contributed by atoms with Crippen molar-refractivity contribution in [1.29, 1.82) is 0 Å².